The van der Waals surface area contributed by atoms with Gasteiger partial charge in [-0.05, 0) is 30.9 Å². The Morgan fingerprint density at radius 3 is 2.67 bits per heavy atom. The molecule has 5 nitrogen and oxygen atoms in total. The molecule has 2 fully saturated rings. The fraction of sp³-hybridized carbons (Fsp3) is 0.688. The van der Waals surface area contributed by atoms with Crippen LogP contribution in [-0.4, -0.2) is 47.8 Å². The molecule has 0 bridgehead atoms. The minimum absolute atomic E-state index is 0.101. The molecule has 0 spiro atoms. The molecule has 1 saturated heterocycles. The van der Waals surface area contributed by atoms with Crippen molar-refractivity contribution >= 4 is 5.69 Å². The van der Waals surface area contributed by atoms with Gasteiger partial charge in [-0.2, -0.15) is 0 Å². The summed E-state index contributed by atoms with van der Waals surface area (Å²) in [5.74, 6) is 0. The molecule has 3 rings (SSSR count). The normalized spacial score (nSPS) is 24.0. The Balaban J connectivity index is 1.78. The molecule has 1 unspecified atom stereocenters. The summed E-state index contributed by atoms with van der Waals surface area (Å²) in [6, 6.07) is 1.96. The first-order valence-corrected chi connectivity index (χ1v) is 7.99. The summed E-state index contributed by atoms with van der Waals surface area (Å²) < 4.78 is 5.51. The number of pyridine rings is 1. The Labute approximate surface area is 126 Å². The second-order valence-electron chi connectivity index (χ2n) is 6.30. The number of nitrogen functional groups attached to an aromatic ring is 1. The van der Waals surface area contributed by atoms with Crippen LogP contribution in [0, 0.1) is 0 Å². The molecule has 116 valence electrons. The van der Waals surface area contributed by atoms with Gasteiger partial charge in [0.2, 0.25) is 0 Å². The van der Waals surface area contributed by atoms with Crippen LogP contribution in [0.25, 0.3) is 0 Å². The van der Waals surface area contributed by atoms with Crippen LogP contribution in [0.1, 0.15) is 31.2 Å². The molecule has 1 aromatic rings. The number of nitrogens with zero attached hydrogens (tertiary/aromatic N) is 2. The summed E-state index contributed by atoms with van der Waals surface area (Å²) in [6.07, 6.45) is 9.32. The SMILES string of the molecule is Nc1ccncc1CC(N)C1(N2CCOCC2)CCCC1. The van der Waals surface area contributed by atoms with Crippen LogP contribution < -0.4 is 11.5 Å². The third-order valence-electron chi connectivity index (χ3n) is 5.18. The summed E-state index contributed by atoms with van der Waals surface area (Å²) in [4.78, 5) is 6.76. The summed E-state index contributed by atoms with van der Waals surface area (Å²) in [6.45, 7) is 3.64. The predicted molar refractivity (Wildman–Crippen MR) is 83.9 cm³/mol. The quantitative estimate of drug-likeness (QED) is 0.870. The molecule has 0 radical (unpaired) electrons. The lowest BCUT2D eigenvalue weighted by Gasteiger charge is -2.47. The second kappa shape index (κ2) is 6.30. The van der Waals surface area contributed by atoms with Gasteiger partial charge in [0, 0.05) is 42.8 Å². The summed E-state index contributed by atoms with van der Waals surface area (Å²) in [5.41, 5.74) is 14.7. The molecule has 2 heterocycles. The van der Waals surface area contributed by atoms with Crippen molar-refractivity contribution in [1.29, 1.82) is 0 Å². The standard InChI is InChI=1S/C16H26N4O/c17-14-3-6-19-12-13(14)11-15(18)16(4-1-2-5-16)20-7-9-21-10-8-20/h3,6,12,15H,1-2,4-5,7-11,18H2,(H2,17,19). The van der Waals surface area contributed by atoms with Gasteiger partial charge in [-0.3, -0.25) is 9.88 Å². The average Bonchev–Trinajstić information content (AvgIpc) is 3.01. The number of hydrogen-bond acceptors (Lipinski definition) is 5. The average molecular weight is 290 g/mol. The van der Waals surface area contributed by atoms with Crippen molar-refractivity contribution in [1.82, 2.24) is 9.88 Å². The maximum Gasteiger partial charge on any atom is 0.0594 e. The Hall–Kier alpha value is -1.17. The van der Waals surface area contributed by atoms with E-state index in [4.69, 9.17) is 16.2 Å². The third-order valence-corrected chi connectivity index (χ3v) is 5.18. The molecular formula is C16H26N4O. The first-order valence-electron chi connectivity index (χ1n) is 7.99. The van der Waals surface area contributed by atoms with E-state index in [0.29, 0.717) is 0 Å². The van der Waals surface area contributed by atoms with Crippen molar-refractivity contribution in [2.45, 2.75) is 43.7 Å². The molecule has 0 amide bonds. The molecule has 1 atom stereocenters. The molecule has 1 aliphatic heterocycles. The highest BCUT2D eigenvalue weighted by Crippen LogP contribution is 2.39. The lowest BCUT2D eigenvalue weighted by atomic mass is 9.82. The second-order valence-corrected chi connectivity index (χ2v) is 6.30. The molecule has 5 heteroatoms. The minimum Gasteiger partial charge on any atom is -0.398 e. The number of aromatic nitrogens is 1. The van der Waals surface area contributed by atoms with Gasteiger partial charge >= 0.3 is 0 Å². The highest BCUT2D eigenvalue weighted by Gasteiger charge is 2.44. The van der Waals surface area contributed by atoms with E-state index in [-0.39, 0.29) is 11.6 Å². The van der Waals surface area contributed by atoms with Crippen molar-refractivity contribution < 1.29 is 4.74 Å². The van der Waals surface area contributed by atoms with Crippen molar-refractivity contribution in [2.75, 3.05) is 32.0 Å². The van der Waals surface area contributed by atoms with Crippen LogP contribution >= 0.6 is 0 Å². The number of ether oxygens (including phenoxy) is 1. The minimum atomic E-state index is 0.101. The van der Waals surface area contributed by atoms with Crippen LogP contribution in [0.2, 0.25) is 0 Å². The lowest BCUT2D eigenvalue weighted by molar-refractivity contribution is -0.0305. The van der Waals surface area contributed by atoms with Crippen LogP contribution in [0.15, 0.2) is 18.5 Å². The fourth-order valence-corrected chi connectivity index (χ4v) is 3.95. The zero-order valence-corrected chi connectivity index (χ0v) is 12.6. The summed E-state index contributed by atoms with van der Waals surface area (Å²) >= 11 is 0. The Kier molecular flexibility index (Phi) is 4.42. The van der Waals surface area contributed by atoms with Gasteiger partial charge in [0.25, 0.3) is 0 Å². The lowest BCUT2D eigenvalue weighted by Crippen LogP contribution is -2.61. The Bertz CT molecular complexity index is 467. The summed E-state index contributed by atoms with van der Waals surface area (Å²) in [7, 11) is 0. The maximum atomic E-state index is 6.68. The fourth-order valence-electron chi connectivity index (χ4n) is 3.95. The van der Waals surface area contributed by atoms with Crippen LogP contribution in [-0.2, 0) is 11.2 Å². The number of hydrogen-bond donors (Lipinski definition) is 2. The molecule has 0 aromatic carbocycles. The molecule has 21 heavy (non-hydrogen) atoms. The van der Waals surface area contributed by atoms with Gasteiger partial charge in [-0.25, -0.2) is 0 Å². The van der Waals surface area contributed by atoms with Crippen LogP contribution in [0.5, 0.6) is 0 Å². The third kappa shape index (κ3) is 2.91. The molecule has 1 saturated carbocycles. The summed E-state index contributed by atoms with van der Waals surface area (Å²) in [5, 5.41) is 0. The van der Waals surface area contributed by atoms with Gasteiger partial charge in [0.15, 0.2) is 0 Å². The monoisotopic (exact) mass is 290 g/mol. The zero-order valence-electron chi connectivity index (χ0n) is 12.6. The Morgan fingerprint density at radius 2 is 2.00 bits per heavy atom. The smallest absolute Gasteiger partial charge is 0.0594 e. The maximum absolute atomic E-state index is 6.68. The van der Waals surface area contributed by atoms with E-state index in [1.54, 1.807) is 6.20 Å². The molecular weight excluding hydrogens is 264 g/mol. The van der Waals surface area contributed by atoms with E-state index >= 15 is 0 Å². The molecule has 2 aliphatic rings. The number of rotatable bonds is 4. The number of morpholine rings is 1. The van der Waals surface area contributed by atoms with Crippen LogP contribution in [0.4, 0.5) is 5.69 Å². The van der Waals surface area contributed by atoms with Crippen molar-refractivity contribution in [3.8, 4) is 0 Å². The predicted octanol–water partition coefficient (Wildman–Crippen LogP) is 1.18. The molecule has 1 aliphatic carbocycles. The van der Waals surface area contributed by atoms with Crippen molar-refractivity contribution in [2.24, 2.45) is 5.73 Å². The van der Waals surface area contributed by atoms with E-state index in [1.165, 1.54) is 25.7 Å². The zero-order chi connectivity index (χ0) is 14.7. The van der Waals surface area contributed by atoms with Gasteiger partial charge in [0.05, 0.1) is 13.2 Å². The van der Waals surface area contributed by atoms with Gasteiger partial charge in [-0.1, -0.05) is 12.8 Å². The van der Waals surface area contributed by atoms with Gasteiger partial charge in [0.1, 0.15) is 0 Å². The first-order chi connectivity index (χ1) is 10.2. The van der Waals surface area contributed by atoms with E-state index in [9.17, 15) is 0 Å². The number of anilines is 1. The van der Waals surface area contributed by atoms with Crippen molar-refractivity contribution in [3.05, 3.63) is 24.0 Å². The molecule has 1 aromatic heterocycles. The van der Waals surface area contributed by atoms with Crippen molar-refractivity contribution in [3.63, 3.8) is 0 Å². The van der Waals surface area contributed by atoms with Crippen LogP contribution in [0.3, 0.4) is 0 Å². The Morgan fingerprint density at radius 1 is 1.29 bits per heavy atom. The van der Waals surface area contributed by atoms with Gasteiger partial charge < -0.3 is 16.2 Å². The first kappa shape index (κ1) is 14.8. The topological polar surface area (TPSA) is 77.4 Å². The van der Waals surface area contributed by atoms with E-state index in [0.717, 1.165) is 44.0 Å². The number of nitrogens with two attached hydrogens (primary N) is 2. The highest BCUT2D eigenvalue weighted by molar-refractivity contribution is 5.45. The highest BCUT2D eigenvalue weighted by atomic mass is 16.5. The van der Waals surface area contributed by atoms with E-state index in [2.05, 4.69) is 9.88 Å². The van der Waals surface area contributed by atoms with E-state index < -0.39 is 0 Å². The largest absolute Gasteiger partial charge is 0.398 e. The van der Waals surface area contributed by atoms with Gasteiger partial charge in [-0.15, -0.1) is 0 Å². The van der Waals surface area contributed by atoms with E-state index in [1.807, 2.05) is 12.3 Å². The molecule has 4 N–H and O–H groups in total.